The fourth-order valence-corrected chi connectivity index (χ4v) is 14.9. The number of benzene rings is 4. The largest absolute Gasteiger partial charge is 1.00 e. The zero-order valence-corrected chi connectivity index (χ0v) is 43.5. The van der Waals surface area contributed by atoms with Gasteiger partial charge in [0.2, 0.25) is 0 Å². The Morgan fingerprint density at radius 3 is 0.895 bits per heavy atom. The Labute approximate surface area is 380 Å². The van der Waals surface area contributed by atoms with E-state index in [-0.39, 0.29) is 75.3 Å². The van der Waals surface area contributed by atoms with Gasteiger partial charge in [-0.25, -0.2) is 0 Å². The fourth-order valence-electron chi connectivity index (χ4n) is 8.29. The summed E-state index contributed by atoms with van der Waals surface area (Å²) in [6.07, 6.45) is 0. The van der Waals surface area contributed by atoms with Crippen molar-refractivity contribution in [1.29, 1.82) is 0 Å². The summed E-state index contributed by atoms with van der Waals surface area (Å²) in [5.41, 5.74) is 13.1. The zero-order valence-electron chi connectivity index (χ0n) is 38.7. The SMILES string of the molecule is CC1=[C]([Ti+3])c2ccccc2C1[Si](c1cc(C(C)(C)C)cc(C(C)(C)C)c1)(c1cc(C(C)(C)C)cc(C(C)(C)C)c1)c1cc(C(C)(C)C)cc(C(C)(C)C)c1.[Cl-].[Cl-].[Cl-]. The molecule has 0 heterocycles. The van der Waals surface area contributed by atoms with E-state index >= 15 is 0 Å². The minimum atomic E-state index is -3.07. The van der Waals surface area contributed by atoms with E-state index in [9.17, 15) is 0 Å². The molecule has 1 unspecified atom stereocenters. The Hall–Kier alpha value is -1.58. The van der Waals surface area contributed by atoms with Gasteiger partial charge in [0.25, 0.3) is 0 Å². The van der Waals surface area contributed by atoms with Crippen molar-refractivity contribution in [2.45, 2.75) is 170 Å². The summed E-state index contributed by atoms with van der Waals surface area (Å²) in [6, 6.07) is 33.0. The number of halogens is 3. The van der Waals surface area contributed by atoms with Crippen LogP contribution in [0.2, 0.25) is 0 Å². The second kappa shape index (κ2) is 17.1. The molecule has 57 heavy (non-hydrogen) atoms. The van der Waals surface area contributed by atoms with E-state index in [0.29, 0.717) is 0 Å². The van der Waals surface area contributed by atoms with Crippen LogP contribution in [0.25, 0.3) is 3.88 Å². The van der Waals surface area contributed by atoms with E-state index in [2.05, 4.69) is 231 Å². The molecular formula is C52H71Cl3SiTi. The predicted octanol–water partition coefficient (Wildman–Crippen LogP) is 3.57. The predicted molar refractivity (Wildman–Crippen MR) is 238 cm³/mol. The molecule has 0 radical (unpaired) electrons. The van der Waals surface area contributed by atoms with Gasteiger partial charge < -0.3 is 37.2 Å². The average Bonchev–Trinajstić information content (AvgIpc) is 3.28. The first-order valence-corrected chi connectivity index (χ1v) is 23.2. The van der Waals surface area contributed by atoms with Gasteiger partial charge in [-0.3, -0.25) is 0 Å². The van der Waals surface area contributed by atoms with Gasteiger partial charge in [-0.05, 0) is 0 Å². The summed E-state index contributed by atoms with van der Waals surface area (Å²) in [5.74, 6) is 0. The third-order valence-electron chi connectivity index (χ3n) is 12.2. The van der Waals surface area contributed by atoms with Crippen LogP contribution in [0.5, 0.6) is 0 Å². The molecule has 0 amide bonds. The van der Waals surface area contributed by atoms with Gasteiger partial charge in [-0.1, -0.05) is 0 Å². The van der Waals surface area contributed by atoms with Crippen LogP contribution in [-0.4, -0.2) is 8.07 Å². The molecule has 1 aliphatic rings. The van der Waals surface area contributed by atoms with E-state index < -0.39 is 8.07 Å². The number of fused-ring (bicyclic) bond motifs is 1. The number of allylic oxidation sites excluding steroid dienone is 1. The molecule has 1 aliphatic carbocycles. The van der Waals surface area contributed by atoms with Crippen molar-refractivity contribution in [2.75, 3.05) is 0 Å². The van der Waals surface area contributed by atoms with Crippen molar-refractivity contribution >= 4 is 27.5 Å². The molecule has 5 heteroatoms. The first kappa shape index (κ1) is 51.6. The Bertz CT molecular complexity index is 1820. The summed E-state index contributed by atoms with van der Waals surface area (Å²) in [7, 11) is -3.07. The van der Waals surface area contributed by atoms with Crippen LogP contribution in [0.15, 0.2) is 84.4 Å². The molecule has 0 nitrogen and oxygen atoms in total. The second-order valence-electron chi connectivity index (χ2n) is 22.8. The number of hydrogen-bond acceptors (Lipinski definition) is 0. The van der Waals surface area contributed by atoms with E-state index in [4.69, 9.17) is 0 Å². The van der Waals surface area contributed by atoms with Gasteiger partial charge in [0.1, 0.15) is 0 Å². The minimum absolute atomic E-state index is 0. The van der Waals surface area contributed by atoms with Crippen LogP contribution in [0, 0.1) is 0 Å². The van der Waals surface area contributed by atoms with Crippen LogP contribution < -0.4 is 52.8 Å². The molecule has 0 aromatic heterocycles. The molecule has 4 aromatic rings. The standard InChI is InChI=1S/C52H71Si.3ClH.Ti/c1-34-24-35-22-20-21-23-45(35)46(34)53(42-28-36(47(2,3)4)25-37(29-42)48(5,6)7,43-30-38(49(8,9)10)26-39(31-43)50(11,12)13)44-32-40(51(14,15)16)27-41(33-44)52(17,18)19;;;;/h20-23,25-33,46H,1-19H3;3*1H;/q;;;;+3/p-3. The average molecular weight is 878 g/mol. The van der Waals surface area contributed by atoms with Gasteiger partial charge in [0, 0.05) is 0 Å². The third-order valence-corrected chi connectivity index (χ3v) is 18.4. The van der Waals surface area contributed by atoms with Crippen molar-refractivity contribution < 1.29 is 57.7 Å². The molecule has 0 saturated heterocycles. The summed E-state index contributed by atoms with van der Waals surface area (Å²) in [6.45, 7) is 45.7. The van der Waals surface area contributed by atoms with Gasteiger partial charge >= 0.3 is 346 Å². The van der Waals surface area contributed by atoms with Crippen LogP contribution in [-0.2, 0) is 52.9 Å². The first-order chi connectivity index (χ1) is 24.4. The molecule has 0 fully saturated rings. The van der Waals surface area contributed by atoms with Gasteiger partial charge in [0.15, 0.2) is 0 Å². The van der Waals surface area contributed by atoms with E-state index in [1.807, 2.05) is 0 Å². The maximum absolute atomic E-state index is 3.07. The number of rotatable bonds is 4. The van der Waals surface area contributed by atoms with Crippen molar-refractivity contribution in [2.24, 2.45) is 0 Å². The van der Waals surface area contributed by atoms with Crippen LogP contribution >= 0.6 is 0 Å². The van der Waals surface area contributed by atoms with Gasteiger partial charge in [-0.15, -0.1) is 0 Å². The molecule has 1 atom stereocenters. The molecule has 0 spiro atoms. The molecule has 0 bridgehead atoms. The first-order valence-electron chi connectivity index (χ1n) is 20.4. The van der Waals surface area contributed by atoms with Crippen molar-refractivity contribution in [3.63, 3.8) is 0 Å². The maximum Gasteiger partial charge on any atom is -1.00 e. The monoisotopic (exact) mass is 876 g/mol. The second-order valence-corrected chi connectivity index (χ2v) is 27.5. The molecule has 0 aliphatic heterocycles. The summed E-state index contributed by atoms with van der Waals surface area (Å²) in [4.78, 5) is 0. The van der Waals surface area contributed by atoms with Crippen molar-refractivity contribution in [1.82, 2.24) is 0 Å². The third kappa shape index (κ3) is 10.1. The van der Waals surface area contributed by atoms with Crippen molar-refractivity contribution in [3.8, 4) is 0 Å². The molecule has 308 valence electrons. The summed E-state index contributed by atoms with van der Waals surface area (Å²) in [5, 5.41) is 4.60. The van der Waals surface area contributed by atoms with Crippen molar-refractivity contribution in [3.05, 3.63) is 129 Å². The van der Waals surface area contributed by atoms with Gasteiger partial charge in [0.05, 0.1) is 0 Å². The Balaban J connectivity index is 0.00000374. The van der Waals surface area contributed by atoms with E-state index in [1.54, 1.807) is 0 Å². The quantitative estimate of drug-likeness (QED) is 0.218. The Kier molecular flexibility index (Phi) is 15.4. The minimum Gasteiger partial charge on any atom is -1.00 e. The van der Waals surface area contributed by atoms with E-state index in [0.717, 1.165) is 0 Å². The Morgan fingerprint density at radius 2 is 0.649 bits per heavy atom. The van der Waals surface area contributed by atoms with E-state index in [1.165, 1.54) is 69.5 Å². The molecule has 4 aromatic carbocycles. The van der Waals surface area contributed by atoms with Crippen LogP contribution in [0.4, 0.5) is 0 Å². The number of hydrogen-bond donors (Lipinski definition) is 0. The molecule has 0 saturated carbocycles. The zero-order chi connectivity index (χ0) is 40.8. The molecule has 0 N–H and O–H groups in total. The fraction of sp³-hybridized carbons (Fsp3) is 0.500. The van der Waals surface area contributed by atoms with Gasteiger partial charge in [-0.2, -0.15) is 0 Å². The topological polar surface area (TPSA) is 0 Å². The van der Waals surface area contributed by atoms with Crippen LogP contribution in [0.1, 0.15) is 182 Å². The molecular weight excluding hydrogens is 807 g/mol. The smallest absolute Gasteiger partial charge is 1.00 e. The van der Waals surface area contributed by atoms with Crippen LogP contribution in [0.3, 0.4) is 0 Å². The Morgan fingerprint density at radius 1 is 0.404 bits per heavy atom. The maximum atomic E-state index is 2.67. The summed E-state index contributed by atoms with van der Waals surface area (Å²) < 4.78 is 1.45. The summed E-state index contributed by atoms with van der Waals surface area (Å²) >= 11 is 2.39. The normalized spacial score (nSPS) is 15.4. The molecule has 5 rings (SSSR count).